The molecule has 0 spiro atoms. The lowest BCUT2D eigenvalue weighted by Crippen LogP contribution is -2.41. The molecular weight excluding hydrogens is 382 g/mol. The Morgan fingerprint density at radius 1 is 1.00 bits per heavy atom. The molecule has 5 nitrogen and oxygen atoms in total. The minimum Gasteiger partial charge on any atom is -0.353 e. The lowest BCUT2D eigenvalue weighted by molar-refractivity contribution is 0.174. The molecular formula is C23H27N3O2S. The summed E-state index contributed by atoms with van der Waals surface area (Å²) in [4.78, 5) is 2.67. The molecule has 3 aromatic rings. The highest BCUT2D eigenvalue weighted by atomic mass is 32.2. The molecule has 1 aromatic heterocycles. The van der Waals surface area contributed by atoms with Gasteiger partial charge in [0.2, 0.25) is 10.0 Å². The summed E-state index contributed by atoms with van der Waals surface area (Å²) in [5.41, 5.74) is 4.85. The number of nitrogens with zero attached hydrogens (tertiary/aromatic N) is 2. The van der Waals surface area contributed by atoms with Gasteiger partial charge < -0.3 is 4.57 Å². The summed E-state index contributed by atoms with van der Waals surface area (Å²) < 4.78 is 30.6. The minimum absolute atomic E-state index is 0.0384. The third kappa shape index (κ3) is 4.29. The van der Waals surface area contributed by atoms with Crippen LogP contribution in [0.4, 0.5) is 0 Å². The Kier molecular flexibility index (Phi) is 5.58. The van der Waals surface area contributed by atoms with E-state index < -0.39 is 10.0 Å². The second-order valence-electron chi connectivity index (χ2n) is 7.71. The predicted molar refractivity (Wildman–Crippen MR) is 115 cm³/mol. The van der Waals surface area contributed by atoms with Crippen molar-refractivity contribution in [3.8, 4) is 0 Å². The van der Waals surface area contributed by atoms with Crippen molar-refractivity contribution in [1.82, 2.24) is 14.2 Å². The van der Waals surface area contributed by atoms with Gasteiger partial charge in [-0.3, -0.25) is 4.90 Å². The van der Waals surface area contributed by atoms with E-state index in [1.807, 2.05) is 38.4 Å². The van der Waals surface area contributed by atoms with Crippen molar-refractivity contribution in [2.24, 2.45) is 7.05 Å². The number of nitrogens with one attached hydrogen (secondary N) is 1. The first-order valence-corrected chi connectivity index (χ1v) is 11.4. The van der Waals surface area contributed by atoms with Gasteiger partial charge in [-0.15, -0.1) is 0 Å². The maximum Gasteiger partial charge on any atom is 0.240 e. The van der Waals surface area contributed by atoms with Crippen molar-refractivity contribution >= 4 is 10.0 Å². The van der Waals surface area contributed by atoms with Gasteiger partial charge in [0.05, 0.1) is 10.9 Å². The number of sulfonamides is 1. The van der Waals surface area contributed by atoms with E-state index in [1.165, 1.54) is 11.1 Å². The Hall–Kier alpha value is -2.41. The van der Waals surface area contributed by atoms with Crippen LogP contribution in [0.15, 0.2) is 71.8 Å². The summed E-state index contributed by atoms with van der Waals surface area (Å²) in [6, 6.07) is 19.5. The van der Waals surface area contributed by atoms with Crippen LogP contribution in [0.2, 0.25) is 0 Å². The van der Waals surface area contributed by atoms with Crippen molar-refractivity contribution < 1.29 is 8.42 Å². The average molecular weight is 410 g/mol. The molecule has 1 aliphatic rings. The maximum absolute atomic E-state index is 12.8. The fourth-order valence-corrected chi connectivity index (χ4v) is 5.05. The van der Waals surface area contributed by atoms with Crippen LogP contribution in [0.5, 0.6) is 0 Å². The molecule has 1 atom stereocenters. The van der Waals surface area contributed by atoms with E-state index in [2.05, 4.69) is 44.5 Å². The van der Waals surface area contributed by atoms with Gasteiger partial charge in [-0.1, -0.05) is 42.0 Å². The van der Waals surface area contributed by atoms with Crippen LogP contribution < -0.4 is 4.72 Å². The normalized spacial score (nSPS) is 15.8. The lowest BCUT2D eigenvalue weighted by atomic mass is 9.98. The molecule has 29 heavy (non-hydrogen) atoms. The smallest absolute Gasteiger partial charge is 0.240 e. The zero-order chi connectivity index (χ0) is 20.4. The van der Waals surface area contributed by atoms with E-state index in [4.69, 9.17) is 0 Å². The topological polar surface area (TPSA) is 54.3 Å². The Morgan fingerprint density at radius 3 is 2.41 bits per heavy atom. The van der Waals surface area contributed by atoms with Gasteiger partial charge in [0.25, 0.3) is 0 Å². The highest BCUT2D eigenvalue weighted by molar-refractivity contribution is 7.89. The van der Waals surface area contributed by atoms with Gasteiger partial charge >= 0.3 is 0 Å². The molecule has 6 heteroatoms. The van der Waals surface area contributed by atoms with E-state index in [0.717, 1.165) is 30.8 Å². The monoisotopic (exact) mass is 409 g/mol. The van der Waals surface area contributed by atoms with E-state index >= 15 is 0 Å². The number of benzene rings is 2. The largest absolute Gasteiger partial charge is 0.353 e. The van der Waals surface area contributed by atoms with Crippen LogP contribution in [-0.4, -0.2) is 31.0 Å². The standard InChI is InChI=1S/C23H27N3O2S/c1-18-9-11-21(12-10-18)29(27,28)24-16-23(22-8-5-14-25(22)2)26-15-13-19-6-3-4-7-20(19)17-26/h3-12,14,23-24H,13,15-17H2,1-2H3. The summed E-state index contributed by atoms with van der Waals surface area (Å²) >= 11 is 0. The molecule has 1 aliphatic heterocycles. The van der Waals surface area contributed by atoms with Crippen LogP contribution >= 0.6 is 0 Å². The third-order valence-corrected chi connectivity index (χ3v) is 7.16. The molecule has 0 amide bonds. The van der Waals surface area contributed by atoms with Crippen LogP contribution in [0.1, 0.15) is 28.4 Å². The summed E-state index contributed by atoms with van der Waals surface area (Å²) in [6.07, 6.45) is 2.98. The Morgan fingerprint density at radius 2 is 1.72 bits per heavy atom. The predicted octanol–water partition coefficient (Wildman–Crippen LogP) is 3.41. The molecule has 0 bridgehead atoms. The van der Waals surface area contributed by atoms with Crippen molar-refractivity contribution in [3.05, 3.63) is 89.2 Å². The summed E-state index contributed by atoms with van der Waals surface area (Å²) in [5.74, 6) is 0. The molecule has 2 aromatic carbocycles. The summed E-state index contributed by atoms with van der Waals surface area (Å²) in [5, 5.41) is 0. The zero-order valence-corrected chi connectivity index (χ0v) is 17.7. The molecule has 152 valence electrons. The lowest BCUT2D eigenvalue weighted by Gasteiger charge is -2.36. The van der Waals surface area contributed by atoms with E-state index in [-0.39, 0.29) is 6.04 Å². The highest BCUT2D eigenvalue weighted by Crippen LogP contribution is 2.28. The van der Waals surface area contributed by atoms with E-state index in [1.54, 1.807) is 12.1 Å². The zero-order valence-electron chi connectivity index (χ0n) is 16.9. The average Bonchev–Trinajstić information content (AvgIpc) is 3.14. The SMILES string of the molecule is Cc1ccc(S(=O)(=O)NCC(c2cccn2C)N2CCc3ccccc3C2)cc1. The first-order valence-electron chi connectivity index (χ1n) is 9.92. The van der Waals surface area contributed by atoms with Crippen molar-refractivity contribution in [2.45, 2.75) is 30.8 Å². The van der Waals surface area contributed by atoms with E-state index in [0.29, 0.717) is 11.4 Å². The molecule has 4 rings (SSSR count). The Labute approximate surface area is 173 Å². The fraction of sp³-hybridized carbons (Fsp3) is 0.304. The maximum atomic E-state index is 12.8. The minimum atomic E-state index is -3.56. The van der Waals surface area contributed by atoms with Gasteiger partial charge in [-0.25, -0.2) is 13.1 Å². The van der Waals surface area contributed by atoms with Gasteiger partial charge in [0, 0.05) is 38.6 Å². The second kappa shape index (κ2) is 8.14. The molecule has 1 unspecified atom stereocenters. The summed E-state index contributed by atoms with van der Waals surface area (Å²) in [6.45, 7) is 4.00. The number of rotatable bonds is 6. The number of hydrogen-bond acceptors (Lipinski definition) is 3. The van der Waals surface area contributed by atoms with Gasteiger partial charge in [0.15, 0.2) is 0 Å². The molecule has 0 fully saturated rings. The van der Waals surface area contributed by atoms with E-state index in [9.17, 15) is 8.42 Å². The molecule has 1 N–H and O–H groups in total. The van der Waals surface area contributed by atoms with Gasteiger partial charge in [-0.2, -0.15) is 0 Å². The quantitative estimate of drug-likeness (QED) is 0.679. The Balaban J connectivity index is 1.57. The van der Waals surface area contributed by atoms with Gasteiger partial charge in [0.1, 0.15) is 0 Å². The third-order valence-electron chi connectivity index (χ3n) is 5.72. The summed E-state index contributed by atoms with van der Waals surface area (Å²) in [7, 11) is -1.55. The van der Waals surface area contributed by atoms with Crippen molar-refractivity contribution in [1.29, 1.82) is 0 Å². The van der Waals surface area contributed by atoms with Crippen molar-refractivity contribution in [3.63, 3.8) is 0 Å². The first-order chi connectivity index (χ1) is 13.9. The highest BCUT2D eigenvalue weighted by Gasteiger charge is 2.28. The second-order valence-corrected chi connectivity index (χ2v) is 9.48. The molecule has 0 saturated heterocycles. The first kappa shape index (κ1) is 19.9. The molecule has 2 heterocycles. The Bertz CT molecular complexity index is 1090. The van der Waals surface area contributed by atoms with Gasteiger partial charge in [-0.05, 0) is 48.7 Å². The molecule has 0 saturated carbocycles. The van der Waals surface area contributed by atoms with Crippen LogP contribution in [0.3, 0.4) is 0 Å². The van der Waals surface area contributed by atoms with Crippen LogP contribution in [0.25, 0.3) is 0 Å². The molecule has 0 aliphatic carbocycles. The number of hydrogen-bond donors (Lipinski definition) is 1. The van der Waals surface area contributed by atoms with Crippen LogP contribution in [-0.2, 0) is 30.0 Å². The van der Waals surface area contributed by atoms with Crippen LogP contribution in [0, 0.1) is 6.92 Å². The number of aryl methyl sites for hydroxylation is 2. The molecule has 0 radical (unpaired) electrons. The number of aromatic nitrogens is 1. The number of fused-ring (bicyclic) bond motifs is 1. The fourth-order valence-electron chi connectivity index (χ4n) is 4.01. The van der Waals surface area contributed by atoms with Crippen molar-refractivity contribution in [2.75, 3.05) is 13.1 Å².